The highest BCUT2D eigenvalue weighted by atomic mass is 16.0. The lowest BCUT2D eigenvalue weighted by molar-refractivity contribution is 0.526. The zero-order chi connectivity index (χ0) is 22.5. The van der Waals surface area contributed by atoms with Crippen molar-refractivity contribution in [2.45, 2.75) is 109 Å². The highest BCUT2D eigenvalue weighted by Crippen LogP contribution is 2.27. The van der Waals surface area contributed by atoms with Gasteiger partial charge in [0, 0.05) is 5.92 Å². The number of hydrogen-bond acceptors (Lipinski definition) is 1. The van der Waals surface area contributed by atoms with Gasteiger partial charge in [-0.05, 0) is 37.1 Å². The van der Waals surface area contributed by atoms with Gasteiger partial charge in [-0.25, -0.2) is 0 Å². The molecule has 0 atom stereocenters. The van der Waals surface area contributed by atoms with E-state index in [0.29, 0.717) is 5.92 Å². The highest BCUT2D eigenvalue weighted by molar-refractivity contribution is 5.32. The first kappa shape index (κ1) is 29.4. The molecule has 2 nitrogen and oxygen atoms in total. The molecule has 2 aromatic carbocycles. The summed E-state index contributed by atoms with van der Waals surface area (Å²) in [6.45, 7) is 4.55. The van der Waals surface area contributed by atoms with Gasteiger partial charge in [0.1, 0.15) is 0 Å². The van der Waals surface area contributed by atoms with E-state index in [4.69, 9.17) is 0 Å². The first-order valence-corrected chi connectivity index (χ1v) is 13.7. The Labute approximate surface area is 204 Å². The van der Waals surface area contributed by atoms with Crippen molar-refractivity contribution >= 4 is 0 Å². The second-order valence-electron chi connectivity index (χ2n) is 9.51. The van der Waals surface area contributed by atoms with Crippen LogP contribution < -0.4 is 5.32 Å². The van der Waals surface area contributed by atoms with Gasteiger partial charge < -0.3 is 10.8 Å². The molecule has 33 heavy (non-hydrogen) atoms. The van der Waals surface area contributed by atoms with Crippen LogP contribution in [0.25, 0.3) is 0 Å². The summed E-state index contributed by atoms with van der Waals surface area (Å²) < 4.78 is 0. The standard InChI is InChI=1S/C31H49N.H2O/c1-2-3-4-5-6-7-8-9-10-11-12-13-14-21-27-32-28-26-31(29-22-17-15-18-23-29)30-24-19-16-20-25-30;/h15-20,22-25,31-32H,2-14,21,26-28H2,1H3;1H2. The molecule has 3 N–H and O–H groups in total. The van der Waals surface area contributed by atoms with Crippen LogP contribution in [-0.4, -0.2) is 18.6 Å². The molecular weight excluding hydrogens is 402 g/mol. The van der Waals surface area contributed by atoms with Gasteiger partial charge in [0.15, 0.2) is 0 Å². The van der Waals surface area contributed by atoms with E-state index in [0.717, 1.165) is 19.5 Å². The van der Waals surface area contributed by atoms with Crippen molar-refractivity contribution in [2.24, 2.45) is 0 Å². The second-order valence-corrected chi connectivity index (χ2v) is 9.51. The van der Waals surface area contributed by atoms with Gasteiger partial charge in [-0.3, -0.25) is 0 Å². The fraction of sp³-hybridized carbons (Fsp3) is 0.613. The molecule has 0 bridgehead atoms. The van der Waals surface area contributed by atoms with Crippen LogP contribution in [0.1, 0.15) is 120 Å². The Bertz CT molecular complexity index is 603. The number of rotatable bonds is 20. The molecule has 0 heterocycles. The van der Waals surface area contributed by atoms with Crippen LogP contribution in [0.5, 0.6) is 0 Å². The highest BCUT2D eigenvalue weighted by Gasteiger charge is 2.13. The van der Waals surface area contributed by atoms with Gasteiger partial charge in [0.05, 0.1) is 0 Å². The van der Waals surface area contributed by atoms with Crippen molar-refractivity contribution in [2.75, 3.05) is 13.1 Å². The van der Waals surface area contributed by atoms with E-state index >= 15 is 0 Å². The van der Waals surface area contributed by atoms with Gasteiger partial charge in [-0.1, -0.05) is 151 Å². The lowest BCUT2D eigenvalue weighted by atomic mass is 9.88. The van der Waals surface area contributed by atoms with E-state index < -0.39 is 0 Å². The summed E-state index contributed by atoms with van der Waals surface area (Å²) in [7, 11) is 0. The van der Waals surface area contributed by atoms with Gasteiger partial charge in [0.25, 0.3) is 0 Å². The summed E-state index contributed by atoms with van der Waals surface area (Å²) in [6, 6.07) is 21.9. The summed E-state index contributed by atoms with van der Waals surface area (Å²) in [5.41, 5.74) is 2.86. The van der Waals surface area contributed by atoms with Crippen LogP contribution >= 0.6 is 0 Å². The van der Waals surface area contributed by atoms with Crippen molar-refractivity contribution in [3.8, 4) is 0 Å². The molecule has 0 unspecified atom stereocenters. The van der Waals surface area contributed by atoms with Crippen LogP contribution in [0.4, 0.5) is 0 Å². The van der Waals surface area contributed by atoms with Crippen molar-refractivity contribution in [1.82, 2.24) is 5.32 Å². The fourth-order valence-electron chi connectivity index (χ4n) is 4.71. The molecule has 2 aromatic rings. The Morgan fingerprint density at radius 3 is 1.33 bits per heavy atom. The normalized spacial score (nSPS) is 11.0. The smallest absolute Gasteiger partial charge is 0.0101 e. The number of unbranched alkanes of at least 4 members (excludes halogenated alkanes) is 13. The fourth-order valence-corrected chi connectivity index (χ4v) is 4.71. The Morgan fingerprint density at radius 2 is 0.909 bits per heavy atom. The number of benzene rings is 2. The summed E-state index contributed by atoms with van der Waals surface area (Å²) in [5, 5.41) is 3.70. The summed E-state index contributed by atoms with van der Waals surface area (Å²) in [5.74, 6) is 0.487. The molecule has 2 heteroatoms. The molecular formula is C31H51NO. The van der Waals surface area contributed by atoms with Crippen LogP contribution in [0, 0.1) is 0 Å². The van der Waals surface area contributed by atoms with Crippen molar-refractivity contribution in [3.63, 3.8) is 0 Å². The second kappa shape index (κ2) is 20.9. The van der Waals surface area contributed by atoms with E-state index in [1.54, 1.807) is 0 Å². The summed E-state index contributed by atoms with van der Waals surface area (Å²) in [6.07, 6.45) is 21.1. The maximum Gasteiger partial charge on any atom is 0.0101 e. The average Bonchev–Trinajstić information content (AvgIpc) is 2.84. The molecule has 0 aliphatic carbocycles. The number of hydrogen-bond donors (Lipinski definition) is 1. The Kier molecular flexibility index (Phi) is 18.6. The van der Waals surface area contributed by atoms with E-state index in [1.165, 1.54) is 101 Å². The molecule has 0 aromatic heterocycles. The SMILES string of the molecule is CCCCCCCCCCCCCCCCNCCC(c1ccccc1)c1ccccc1.O. The van der Waals surface area contributed by atoms with Crippen molar-refractivity contribution in [1.29, 1.82) is 0 Å². The number of nitrogens with one attached hydrogen (secondary N) is 1. The predicted octanol–water partition coefficient (Wildman–Crippen LogP) is 8.45. The predicted molar refractivity (Wildman–Crippen MR) is 146 cm³/mol. The van der Waals surface area contributed by atoms with Gasteiger partial charge in [-0.2, -0.15) is 0 Å². The molecule has 186 valence electrons. The van der Waals surface area contributed by atoms with E-state index in [1.807, 2.05) is 0 Å². The lowest BCUT2D eigenvalue weighted by Gasteiger charge is -2.18. The molecule has 0 saturated carbocycles. The minimum Gasteiger partial charge on any atom is -0.412 e. The van der Waals surface area contributed by atoms with Gasteiger partial charge in [-0.15, -0.1) is 0 Å². The molecule has 0 amide bonds. The third kappa shape index (κ3) is 14.3. The largest absolute Gasteiger partial charge is 0.412 e. The minimum atomic E-state index is 0. The zero-order valence-electron chi connectivity index (χ0n) is 21.4. The first-order valence-electron chi connectivity index (χ1n) is 13.7. The summed E-state index contributed by atoms with van der Waals surface area (Å²) in [4.78, 5) is 0. The Balaban J connectivity index is 0.00000544. The van der Waals surface area contributed by atoms with Crippen molar-refractivity contribution < 1.29 is 5.48 Å². The van der Waals surface area contributed by atoms with E-state index in [2.05, 4.69) is 72.9 Å². The third-order valence-corrected chi connectivity index (χ3v) is 6.72. The van der Waals surface area contributed by atoms with E-state index in [-0.39, 0.29) is 5.48 Å². The van der Waals surface area contributed by atoms with Crippen LogP contribution in [-0.2, 0) is 0 Å². The van der Waals surface area contributed by atoms with E-state index in [9.17, 15) is 0 Å². The van der Waals surface area contributed by atoms with Crippen LogP contribution in [0.3, 0.4) is 0 Å². The third-order valence-electron chi connectivity index (χ3n) is 6.72. The topological polar surface area (TPSA) is 43.5 Å². The monoisotopic (exact) mass is 453 g/mol. The van der Waals surface area contributed by atoms with Gasteiger partial charge in [0.2, 0.25) is 0 Å². The molecule has 0 aliphatic rings. The zero-order valence-corrected chi connectivity index (χ0v) is 21.4. The van der Waals surface area contributed by atoms with Crippen molar-refractivity contribution in [3.05, 3.63) is 71.8 Å². The summed E-state index contributed by atoms with van der Waals surface area (Å²) >= 11 is 0. The maximum absolute atomic E-state index is 3.70. The first-order chi connectivity index (χ1) is 15.9. The average molecular weight is 454 g/mol. The minimum absolute atomic E-state index is 0. The molecule has 0 radical (unpaired) electrons. The molecule has 0 aliphatic heterocycles. The molecule has 0 saturated heterocycles. The molecule has 2 rings (SSSR count). The van der Waals surface area contributed by atoms with Gasteiger partial charge >= 0.3 is 0 Å². The Morgan fingerprint density at radius 1 is 0.515 bits per heavy atom. The quantitative estimate of drug-likeness (QED) is 0.201. The molecule has 0 fully saturated rings. The van der Waals surface area contributed by atoms with Crippen LogP contribution in [0.15, 0.2) is 60.7 Å². The molecule has 0 spiro atoms. The maximum atomic E-state index is 3.70. The van der Waals surface area contributed by atoms with Crippen LogP contribution in [0.2, 0.25) is 0 Å². The Hall–Kier alpha value is -1.64. The lowest BCUT2D eigenvalue weighted by Crippen LogP contribution is -2.19.